The molecule has 1 heterocycles. The Morgan fingerprint density at radius 3 is 2.18 bits per heavy atom. The molecule has 2 aromatic carbocycles. The van der Waals surface area contributed by atoms with Gasteiger partial charge < -0.3 is 15.2 Å². The molecule has 0 spiro atoms. The molecule has 2 amide bonds. The molecule has 0 fully saturated rings. The van der Waals surface area contributed by atoms with Crippen LogP contribution in [0.25, 0.3) is 11.1 Å². The lowest BCUT2D eigenvalue weighted by Gasteiger charge is -2.15. The number of nitrogens with one attached hydrogen (secondary N) is 1. The van der Waals surface area contributed by atoms with Crippen LogP contribution in [0.3, 0.4) is 0 Å². The molecule has 10 nitrogen and oxygen atoms in total. The van der Waals surface area contributed by atoms with Gasteiger partial charge in [-0.25, -0.2) is 24.6 Å². The van der Waals surface area contributed by atoms with Gasteiger partial charge in [0.05, 0.1) is 12.1 Å². The van der Waals surface area contributed by atoms with E-state index in [1.54, 1.807) is 0 Å². The van der Waals surface area contributed by atoms with Gasteiger partial charge in [-0.3, -0.25) is 9.63 Å². The Balaban J connectivity index is 1.29. The maximum Gasteiger partial charge on any atom is 0.407 e. The molecule has 0 atom stereocenters. The number of fused-ring (bicyclic) bond motifs is 3. The number of carbonyl (C=O) groups excluding carboxylic acids is 2. The van der Waals surface area contributed by atoms with Crippen molar-refractivity contribution in [2.75, 3.05) is 20.3 Å². The van der Waals surface area contributed by atoms with Crippen LogP contribution in [0.2, 0.25) is 0 Å². The van der Waals surface area contributed by atoms with Crippen LogP contribution in [-0.4, -0.2) is 58.4 Å². The Bertz CT molecular complexity index is 1170. The van der Waals surface area contributed by atoms with Gasteiger partial charge in [-0.1, -0.05) is 48.5 Å². The molecule has 3 aromatic rings. The topological polar surface area (TPSA) is 131 Å². The van der Waals surface area contributed by atoms with Crippen molar-refractivity contribution in [1.82, 2.24) is 20.3 Å². The molecule has 2 N–H and O–H groups in total. The van der Waals surface area contributed by atoms with Crippen LogP contribution in [-0.2, 0) is 20.9 Å². The second-order valence-corrected chi connectivity index (χ2v) is 7.54. The van der Waals surface area contributed by atoms with Crippen LogP contribution < -0.4 is 5.32 Å². The molecular weight excluding hydrogens is 440 g/mol. The summed E-state index contributed by atoms with van der Waals surface area (Å²) in [6, 6.07) is 16.1. The van der Waals surface area contributed by atoms with Crippen LogP contribution in [0.1, 0.15) is 33.2 Å². The number of hydrogen-bond acceptors (Lipinski definition) is 7. The summed E-state index contributed by atoms with van der Waals surface area (Å²) in [6.45, 7) is -0.446. The smallest absolute Gasteiger partial charge is 0.407 e. The molecule has 4 rings (SSSR count). The summed E-state index contributed by atoms with van der Waals surface area (Å²) in [4.78, 5) is 47.9. The maximum absolute atomic E-state index is 12.3. The number of aromatic nitrogens is 2. The third-order valence-corrected chi connectivity index (χ3v) is 5.35. The van der Waals surface area contributed by atoms with E-state index in [4.69, 9.17) is 14.7 Å². The molecule has 1 aromatic heterocycles. The van der Waals surface area contributed by atoms with E-state index < -0.39 is 24.6 Å². The molecule has 0 unspecified atom stereocenters. The molecule has 10 heteroatoms. The Morgan fingerprint density at radius 1 is 1.00 bits per heavy atom. The Labute approximate surface area is 195 Å². The van der Waals surface area contributed by atoms with Gasteiger partial charge in [0.25, 0.3) is 5.91 Å². The van der Waals surface area contributed by atoms with Gasteiger partial charge in [0.1, 0.15) is 12.4 Å². The lowest BCUT2D eigenvalue weighted by atomic mass is 9.98. The van der Waals surface area contributed by atoms with Crippen molar-refractivity contribution >= 4 is 18.0 Å². The second-order valence-electron chi connectivity index (χ2n) is 7.54. The van der Waals surface area contributed by atoms with Crippen LogP contribution in [0.5, 0.6) is 0 Å². The van der Waals surface area contributed by atoms with Crippen molar-refractivity contribution in [2.24, 2.45) is 0 Å². The number of alkyl carbamates (subject to hydrolysis) is 1. The number of benzene rings is 2. The highest BCUT2D eigenvalue weighted by Crippen LogP contribution is 2.44. The molecule has 0 saturated carbocycles. The van der Waals surface area contributed by atoms with Gasteiger partial charge in [-0.05, 0) is 22.3 Å². The number of amides is 2. The highest BCUT2D eigenvalue weighted by atomic mass is 16.7. The summed E-state index contributed by atoms with van der Waals surface area (Å²) in [7, 11) is 1.29. The SMILES string of the molecule is CN(OCC(=O)O)C(=O)c1cnc(CNC(=O)OCC2c3ccccc3-c3ccccc32)nc1. The number of hydrogen-bond donors (Lipinski definition) is 2. The zero-order valence-corrected chi connectivity index (χ0v) is 18.3. The van der Waals surface area contributed by atoms with Crippen molar-refractivity contribution in [1.29, 1.82) is 0 Å². The number of carboxylic acid groups (broad SMARTS) is 1. The molecule has 0 radical (unpaired) electrons. The Morgan fingerprint density at radius 2 is 1.59 bits per heavy atom. The number of ether oxygens (including phenoxy) is 1. The molecular formula is C24H22N4O6. The van der Waals surface area contributed by atoms with Crippen molar-refractivity contribution < 1.29 is 29.1 Å². The Kier molecular flexibility index (Phi) is 6.79. The van der Waals surface area contributed by atoms with E-state index in [1.807, 2.05) is 36.4 Å². The summed E-state index contributed by atoms with van der Waals surface area (Å²) in [6.07, 6.45) is 1.93. The molecule has 174 valence electrons. The van der Waals surface area contributed by atoms with Crippen LogP contribution >= 0.6 is 0 Å². The monoisotopic (exact) mass is 462 g/mol. The average Bonchev–Trinajstić information content (AvgIpc) is 3.18. The second kappa shape index (κ2) is 10.1. The van der Waals surface area contributed by atoms with Gasteiger partial charge in [-0.15, -0.1) is 0 Å². The number of hydroxylamine groups is 2. The average molecular weight is 462 g/mol. The predicted octanol–water partition coefficient (Wildman–Crippen LogP) is 2.60. The minimum absolute atomic E-state index is 0.0104. The minimum atomic E-state index is -1.20. The third-order valence-electron chi connectivity index (χ3n) is 5.35. The highest BCUT2D eigenvalue weighted by molar-refractivity contribution is 5.92. The van der Waals surface area contributed by atoms with Crippen molar-refractivity contribution in [3.05, 3.63) is 83.4 Å². The van der Waals surface area contributed by atoms with E-state index in [0.717, 1.165) is 27.3 Å². The lowest BCUT2D eigenvalue weighted by Crippen LogP contribution is -2.30. The zero-order chi connectivity index (χ0) is 24.1. The third kappa shape index (κ3) is 5.02. The fourth-order valence-corrected chi connectivity index (χ4v) is 3.75. The first-order valence-electron chi connectivity index (χ1n) is 10.5. The van der Waals surface area contributed by atoms with E-state index in [9.17, 15) is 14.4 Å². The molecule has 1 aliphatic carbocycles. The quantitative estimate of drug-likeness (QED) is 0.489. The first kappa shape index (κ1) is 22.9. The van der Waals surface area contributed by atoms with Gasteiger partial charge in [0.2, 0.25) is 0 Å². The van der Waals surface area contributed by atoms with Crippen molar-refractivity contribution in [3.63, 3.8) is 0 Å². The Hall–Kier alpha value is -4.31. The van der Waals surface area contributed by atoms with E-state index in [-0.39, 0.29) is 30.5 Å². The van der Waals surface area contributed by atoms with Crippen LogP contribution in [0.15, 0.2) is 60.9 Å². The summed E-state index contributed by atoms with van der Waals surface area (Å²) in [5, 5.41) is 12.0. The first-order chi connectivity index (χ1) is 16.4. The summed E-state index contributed by atoms with van der Waals surface area (Å²) < 4.78 is 5.47. The van der Waals surface area contributed by atoms with Gasteiger partial charge in [-0.2, -0.15) is 0 Å². The lowest BCUT2D eigenvalue weighted by molar-refractivity contribution is -0.159. The van der Waals surface area contributed by atoms with E-state index in [2.05, 4.69) is 27.4 Å². The number of carboxylic acids is 1. The molecule has 0 saturated heterocycles. The van der Waals surface area contributed by atoms with Gasteiger partial charge >= 0.3 is 12.1 Å². The van der Waals surface area contributed by atoms with Crippen molar-refractivity contribution in [3.8, 4) is 11.1 Å². The number of nitrogens with zero attached hydrogens (tertiary/aromatic N) is 3. The largest absolute Gasteiger partial charge is 0.479 e. The summed E-state index contributed by atoms with van der Waals surface area (Å²) >= 11 is 0. The molecule has 34 heavy (non-hydrogen) atoms. The predicted molar refractivity (Wildman–Crippen MR) is 120 cm³/mol. The zero-order valence-electron chi connectivity index (χ0n) is 18.3. The minimum Gasteiger partial charge on any atom is -0.479 e. The van der Waals surface area contributed by atoms with E-state index in [0.29, 0.717) is 0 Å². The van der Waals surface area contributed by atoms with E-state index >= 15 is 0 Å². The first-order valence-corrected chi connectivity index (χ1v) is 10.5. The number of aliphatic carboxylic acids is 1. The molecule has 0 aliphatic heterocycles. The van der Waals surface area contributed by atoms with Crippen LogP contribution in [0, 0.1) is 0 Å². The van der Waals surface area contributed by atoms with Crippen molar-refractivity contribution in [2.45, 2.75) is 12.5 Å². The van der Waals surface area contributed by atoms with Gasteiger partial charge in [0, 0.05) is 25.4 Å². The van der Waals surface area contributed by atoms with E-state index in [1.165, 1.54) is 19.4 Å². The fourth-order valence-electron chi connectivity index (χ4n) is 3.75. The maximum atomic E-state index is 12.3. The summed E-state index contributed by atoms with van der Waals surface area (Å²) in [5.74, 6) is -1.57. The summed E-state index contributed by atoms with van der Waals surface area (Å²) in [5.41, 5.74) is 4.65. The standard InChI is InChI=1S/C24H22N4O6/c1-28(34-14-22(29)30)23(31)15-10-25-21(26-11-15)12-27-24(32)33-13-20-18-8-4-2-6-16(18)17-7-3-5-9-19(17)20/h2-11,20H,12-14H2,1H3,(H,27,32)(H,29,30). The molecule has 0 bridgehead atoms. The fraction of sp³-hybridized carbons (Fsp3) is 0.208. The number of carbonyl (C=O) groups is 3. The van der Waals surface area contributed by atoms with Gasteiger partial charge in [0.15, 0.2) is 6.61 Å². The normalized spacial score (nSPS) is 11.9. The van der Waals surface area contributed by atoms with Crippen LogP contribution in [0.4, 0.5) is 4.79 Å². The molecule has 1 aliphatic rings. The highest BCUT2D eigenvalue weighted by Gasteiger charge is 2.29. The number of rotatable bonds is 8.